The Morgan fingerprint density at radius 3 is 1.97 bits per heavy atom. The van der Waals surface area contributed by atoms with Crippen LogP contribution in [0.5, 0.6) is 0 Å². The molecular formula is C22H23F6NO2. The van der Waals surface area contributed by atoms with E-state index in [-0.39, 0.29) is 18.0 Å². The summed E-state index contributed by atoms with van der Waals surface area (Å²) in [5, 5.41) is 11.9. The molecule has 0 aliphatic heterocycles. The lowest BCUT2D eigenvalue weighted by atomic mass is 9.90. The molecule has 0 aromatic heterocycles. The van der Waals surface area contributed by atoms with Gasteiger partial charge in [0.2, 0.25) is 5.91 Å². The van der Waals surface area contributed by atoms with Crippen LogP contribution in [0.4, 0.5) is 32.0 Å². The number of anilines is 1. The quantitative estimate of drug-likeness (QED) is 0.467. The number of amides is 1. The van der Waals surface area contributed by atoms with Crippen LogP contribution in [-0.4, -0.2) is 23.4 Å². The molecule has 1 amide bonds. The van der Waals surface area contributed by atoms with Crippen LogP contribution in [0.25, 0.3) is 0 Å². The summed E-state index contributed by atoms with van der Waals surface area (Å²) >= 11 is 0. The molecule has 2 N–H and O–H groups in total. The number of carbonyl (C=O) groups excluding carboxylic acids is 1. The first-order valence-electron chi connectivity index (χ1n) is 9.71. The molecule has 31 heavy (non-hydrogen) atoms. The lowest BCUT2D eigenvalue weighted by Crippen LogP contribution is -2.53. The molecule has 3 nitrogen and oxygen atoms in total. The molecule has 2 aromatic carbocycles. The number of unbranched alkanes of at least 4 members (excludes halogenated alkanes) is 1. The van der Waals surface area contributed by atoms with Crippen molar-refractivity contribution >= 4 is 11.6 Å². The van der Waals surface area contributed by atoms with Gasteiger partial charge in [-0.1, -0.05) is 62.2 Å². The third-order valence-corrected chi connectivity index (χ3v) is 5.02. The van der Waals surface area contributed by atoms with Crippen LogP contribution in [0.3, 0.4) is 0 Å². The second kappa shape index (κ2) is 9.72. The van der Waals surface area contributed by atoms with E-state index in [0.29, 0.717) is 12.1 Å². The Hall–Kier alpha value is -2.55. The predicted molar refractivity (Wildman–Crippen MR) is 104 cm³/mol. The van der Waals surface area contributed by atoms with Gasteiger partial charge in [0.15, 0.2) is 0 Å². The van der Waals surface area contributed by atoms with Crippen LogP contribution < -0.4 is 5.32 Å². The van der Waals surface area contributed by atoms with E-state index in [2.05, 4.69) is 5.32 Å². The number of halogens is 6. The van der Waals surface area contributed by atoms with E-state index in [0.717, 1.165) is 37.0 Å². The monoisotopic (exact) mass is 447 g/mol. The van der Waals surface area contributed by atoms with Crippen molar-refractivity contribution in [1.82, 2.24) is 0 Å². The number of benzene rings is 2. The molecule has 0 heterocycles. The maximum Gasteiger partial charge on any atom is 0.430 e. The fraction of sp³-hybridized carbons (Fsp3) is 0.409. The standard InChI is InChI=1S/C22H23F6NO2/c1-2-3-7-16(15-8-5-4-6-9-15)14-19(30)29-18-12-10-17(11-13-18)20(31,21(23,24)25)22(26,27)28/h4-6,8-13,16,31H,2-3,7,14H2,1H3,(H,29,30). The molecular weight excluding hydrogens is 424 g/mol. The summed E-state index contributed by atoms with van der Waals surface area (Å²) in [5.74, 6) is -0.486. The van der Waals surface area contributed by atoms with Gasteiger partial charge < -0.3 is 10.4 Å². The predicted octanol–water partition coefficient (Wildman–Crippen LogP) is 6.30. The van der Waals surface area contributed by atoms with Crippen LogP contribution >= 0.6 is 0 Å². The van der Waals surface area contributed by atoms with E-state index in [1.165, 1.54) is 0 Å². The van der Waals surface area contributed by atoms with Gasteiger partial charge in [-0.15, -0.1) is 0 Å². The van der Waals surface area contributed by atoms with Crippen molar-refractivity contribution in [3.8, 4) is 0 Å². The van der Waals surface area contributed by atoms with Crippen LogP contribution in [0, 0.1) is 0 Å². The van der Waals surface area contributed by atoms with Crippen LogP contribution in [0.2, 0.25) is 0 Å². The SMILES string of the molecule is CCCCC(CC(=O)Nc1ccc(C(O)(C(F)(F)F)C(F)(F)F)cc1)c1ccccc1. The van der Waals surface area contributed by atoms with E-state index in [4.69, 9.17) is 0 Å². The van der Waals surface area contributed by atoms with Crippen molar-refractivity contribution in [2.75, 3.05) is 5.32 Å². The topological polar surface area (TPSA) is 49.3 Å². The first-order valence-corrected chi connectivity index (χ1v) is 9.71. The number of rotatable bonds is 8. The Kier molecular flexibility index (Phi) is 7.75. The van der Waals surface area contributed by atoms with Crippen molar-refractivity contribution in [2.24, 2.45) is 0 Å². The van der Waals surface area contributed by atoms with E-state index >= 15 is 0 Å². The fourth-order valence-electron chi connectivity index (χ4n) is 3.28. The van der Waals surface area contributed by atoms with Gasteiger partial charge in [0.1, 0.15) is 0 Å². The molecule has 0 bridgehead atoms. The smallest absolute Gasteiger partial charge is 0.369 e. The van der Waals surface area contributed by atoms with Crippen molar-refractivity contribution in [2.45, 2.75) is 56.5 Å². The Labute approximate surface area is 176 Å². The summed E-state index contributed by atoms with van der Waals surface area (Å²) in [4.78, 5) is 12.4. The minimum Gasteiger partial charge on any atom is -0.369 e. The molecule has 1 unspecified atom stereocenters. The Balaban J connectivity index is 2.15. The van der Waals surface area contributed by atoms with Gasteiger partial charge in [-0.05, 0) is 30.0 Å². The molecule has 2 aromatic rings. The highest BCUT2D eigenvalue weighted by molar-refractivity contribution is 5.91. The molecule has 0 saturated heterocycles. The molecule has 0 saturated carbocycles. The Morgan fingerprint density at radius 1 is 0.935 bits per heavy atom. The normalized spacial score (nSPS) is 13.7. The zero-order valence-electron chi connectivity index (χ0n) is 16.7. The van der Waals surface area contributed by atoms with E-state index in [1.54, 1.807) is 0 Å². The van der Waals surface area contributed by atoms with Gasteiger partial charge in [0.25, 0.3) is 5.60 Å². The second-order valence-corrected chi connectivity index (χ2v) is 7.29. The third-order valence-electron chi connectivity index (χ3n) is 5.02. The maximum atomic E-state index is 13.0. The molecule has 2 rings (SSSR count). The molecule has 1 atom stereocenters. The van der Waals surface area contributed by atoms with E-state index in [1.807, 2.05) is 37.3 Å². The Bertz CT molecular complexity index is 833. The summed E-state index contributed by atoms with van der Waals surface area (Å²) in [6, 6.07) is 12.2. The lowest BCUT2D eigenvalue weighted by Gasteiger charge is -2.32. The number of aliphatic hydroxyl groups is 1. The highest BCUT2D eigenvalue weighted by atomic mass is 19.4. The zero-order chi connectivity index (χ0) is 23.3. The highest BCUT2D eigenvalue weighted by Gasteiger charge is 2.71. The first-order chi connectivity index (χ1) is 14.4. The highest BCUT2D eigenvalue weighted by Crippen LogP contribution is 2.50. The molecule has 0 aliphatic rings. The first kappa shape index (κ1) is 24.7. The van der Waals surface area contributed by atoms with Gasteiger partial charge in [-0.3, -0.25) is 4.79 Å². The molecule has 0 fully saturated rings. The van der Waals surface area contributed by atoms with E-state index < -0.39 is 29.4 Å². The molecule has 0 spiro atoms. The summed E-state index contributed by atoms with van der Waals surface area (Å²) in [6.07, 6.45) is -9.21. The molecule has 9 heteroatoms. The molecule has 170 valence electrons. The van der Waals surface area contributed by atoms with Gasteiger partial charge in [0, 0.05) is 17.7 Å². The second-order valence-electron chi connectivity index (χ2n) is 7.29. The summed E-state index contributed by atoms with van der Waals surface area (Å²) < 4.78 is 77.8. The summed E-state index contributed by atoms with van der Waals surface area (Å²) in [6.45, 7) is 2.02. The van der Waals surface area contributed by atoms with Gasteiger partial charge in [-0.2, -0.15) is 26.3 Å². The zero-order valence-corrected chi connectivity index (χ0v) is 16.7. The van der Waals surface area contributed by atoms with Crippen LogP contribution in [0.15, 0.2) is 54.6 Å². The number of alkyl halides is 6. The fourth-order valence-corrected chi connectivity index (χ4v) is 3.28. The van der Waals surface area contributed by atoms with Crippen LogP contribution in [-0.2, 0) is 10.4 Å². The average Bonchev–Trinajstić information content (AvgIpc) is 2.70. The van der Waals surface area contributed by atoms with E-state index in [9.17, 15) is 36.2 Å². The lowest BCUT2D eigenvalue weighted by molar-refractivity contribution is -0.376. The number of carbonyl (C=O) groups is 1. The minimum absolute atomic E-state index is 0.0303. The Morgan fingerprint density at radius 2 is 1.48 bits per heavy atom. The molecule has 0 radical (unpaired) electrons. The summed E-state index contributed by atoms with van der Waals surface area (Å²) in [5.41, 5.74) is -5.37. The number of nitrogens with one attached hydrogen (secondary N) is 1. The van der Waals surface area contributed by atoms with Crippen molar-refractivity contribution in [1.29, 1.82) is 0 Å². The average molecular weight is 447 g/mol. The van der Waals surface area contributed by atoms with Crippen LogP contribution in [0.1, 0.15) is 49.7 Å². The summed E-state index contributed by atoms with van der Waals surface area (Å²) in [7, 11) is 0. The third kappa shape index (κ3) is 5.78. The van der Waals surface area contributed by atoms with Gasteiger partial charge in [-0.25, -0.2) is 0 Å². The minimum atomic E-state index is -5.96. The van der Waals surface area contributed by atoms with Gasteiger partial charge in [0.05, 0.1) is 0 Å². The van der Waals surface area contributed by atoms with Crippen molar-refractivity contribution in [3.05, 3.63) is 65.7 Å². The largest absolute Gasteiger partial charge is 0.430 e. The maximum absolute atomic E-state index is 13.0. The molecule has 0 aliphatic carbocycles. The van der Waals surface area contributed by atoms with Crippen molar-refractivity contribution < 1.29 is 36.2 Å². The number of hydrogen-bond donors (Lipinski definition) is 2. The van der Waals surface area contributed by atoms with Gasteiger partial charge >= 0.3 is 12.4 Å². The van der Waals surface area contributed by atoms with Crippen molar-refractivity contribution in [3.63, 3.8) is 0 Å². The number of hydrogen-bond acceptors (Lipinski definition) is 2.